The summed E-state index contributed by atoms with van der Waals surface area (Å²) in [6.45, 7) is 9.20. The molecule has 3 heteroatoms. The lowest BCUT2D eigenvalue weighted by molar-refractivity contribution is 0.220. The first-order valence-electron chi connectivity index (χ1n) is 9.21. The quantitative estimate of drug-likeness (QED) is 0.358. The molecule has 0 spiro atoms. The summed E-state index contributed by atoms with van der Waals surface area (Å²) in [5, 5.41) is 0. The Hall–Kier alpha value is 0.137. The maximum absolute atomic E-state index is 6.03. The molecular weight excluding hydrogens is 276 g/mol. The highest BCUT2D eigenvalue weighted by molar-refractivity contribution is 6.67. The molecule has 0 rings (SSSR count). The van der Waals surface area contributed by atoms with E-state index in [0.29, 0.717) is 0 Å². The van der Waals surface area contributed by atoms with E-state index in [1.165, 1.54) is 63.5 Å². The van der Waals surface area contributed by atoms with E-state index in [2.05, 4.69) is 27.7 Å². The molecular formula is C18H40O2Si. The van der Waals surface area contributed by atoms with E-state index in [9.17, 15) is 0 Å². The van der Waals surface area contributed by atoms with Crippen LogP contribution in [-0.2, 0) is 8.85 Å². The molecule has 21 heavy (non-hydrogen) atoms. The van der Waals surface area contributed by atoms with Gasteiger partial charge in [-0.15, -0.1) is 0 Å². The van der Waals surface area contributed by atoms with Crippen molar-refractivity contribution < 1.29 is 8.85 Å². The molecule has 0 saturated carbocycles. The fraction of sp³-hybridized carbons (Fsp3) is 1.00. The average Bonchev–Trinajstić information content (AvgIpc) is 2.53. The van der Waals surface area contributed by atoms with Crippen LogP contribution in [0.1, 0.15) is 79.1 Å². The summed E-state index contributed by atoms with van der Waals surface area (Å²) in [4.78, 5) is 0. The van der Waals surface area contributed by atoms with E-state index in [4.69, 9.17) is 8.85 Å². The largest absolute Gasteiger partial charge is 0.398 e. The van der Waals surface area contributed by atoms with Gasteiger partial charge in [0.25, 0.3) is 0 Å². The first-order chi connectivity index (χ1) is 10.1. The molecule has 0 saturated heterocycles. The first kappa shape index (κ1) is 21.1. The molecule has 0 amide bonds. The van der Waals surface area contributed by atoms with E-state index in [1.54, 1.807) is 0 Å². The van der Waals surface area contributed by atoms with Crippen molar-refractivity contribution in [3.63, 3.8) is 0 Å². The molecule has 0 aromatic rings. The van der Waals surface area contributed by atoms with Gasteiger partial charge in [-0.3, -0.25) is 0 Å². The second kappa shape index (κ2) is 12.7. The molecule has 0 radical (unpaired) electrons. The predicted octanol–water partition coefficient (Wildman–Crippen LogP) is 6.15. The van der Waals surface area contributed by atoms with Gasteiger partial charge in [0.1, 0.15) is 0 Å². The molecule has 0 aromatic carbocycles. The molecule has 0 aromatic heterocycles. The lowest BCUT2D eigenvalue weighted by atomic mass is 10.0. The predicted molar refractivity (Wildman–Crippen MR) is 96.0 cm³/mol. The van der Waals surface area contributed by atoms with Gasteiger partial charge in [0.2, 0.25) is 0 Å². The smallest absolute Gasteiger partial charge is 0.338 e. The number of hydrogen-bond acceptors (Lipinski definition) is 2. The zero-order chi connectivity index (χ0) is 16.1. The molecule has 0 aliphatic rings. The Morgan fingerprint density at radius 2 is 1.10 bits per heavy atom. The topological polar surface area (TPSA) is 18.5 Å². The van der Waals surface area contributed by atoms with Crippen LogP contribution in [0.2, 0.25) is 12.1 Å². The van der Waals surface area contributed by atoms with E-state index in [0.717, 1.165) is 11.8 Å². The van der Waals surface area contributed by atoms with E-state index < -0.39 is 8.56 Å². The second-order valence-electron chi connectivity index (χ2n) is 6.56. The molecule has 0 N–H and O–H groups in total. The maximum Gasteiger partial charge on any atom is 0.338 e. The van der Waals surface area contributed by atoms with Crippen molar-refractivity contribution in [1.82, 2.24) is 0 Å². The first-order valence-corrected chi connectivity index (χ1v) is 11.4. The summed E-state index contributed by atoms with van der Waals surface area (Å²) in [7, 11) is 1.76. The maximum atomic E-state index is 6.03. The molecule has 128 valence electrons. The minimum absolute atomic E-state index is 0.778. The number of rotatable bonds is 14. The van der Waals surface area contributed by atoms with Crippen molar-refractivity contribution in [2.24, 2.45) is 11.8 Å². The monoisotopic (exact) mass is 316 g/mol. The summed E-state index contributed by atoms with van der Waals surface area (Å²) < 4.78 is 12.1. The molecule has 0 aliphatic heterocycles. The fourth-order valence-corrected chi connectivity index (χ4v) is 7.01. The SMILES string of the molecule is CCCCC(CC)C[Si](CC(CC)CCCC)(OC)OC. The number of hydrogen-bond donors (Lipinski definition) is 0. The van der Waals surface area contributed by atoms with Crippen LogP contribution in [0.15, 0.2) is 0 Å². The minimum Gasteiger partial charge on any atom is -0.398 e. The van der Waals surface area contributed by atoms with Crippen LogP contribution in [-0.4, -0.2) is 22.8 Å². The van der Waals surface area contributed by atoms with Crippen LogP contribution >= 0.6 is 0 Å². The Morgan fingerprint density at radius 3 is 1.33 bits per heavy atom. The Balaban J connectivity index is 4.70. The third-order valence-corrected chi connectivity index (χ3v) is 8.92. The minimum atomic E-state index is -2.01. The van der Waals surface area contributed by atoms with Crippen LogP contribution in [0.5, 0.6) is 0 Å². The Labute approximate surface area is 135 Å². The zero-order valence-corrected chi connectivity index (χ0v) is 16.5. The molecule has 2 nitrogen and oxygen atoms in total. The standard InChI is InChI=1S/C18H40O2Si/c1-7-11-13-17(9-3)15-21(19-5,20-6)16-18(10-4)14-12-8-2/h17-18H,7-16H2,1-6H3. The van der Waals surface area contributed by atoms with Crippen molar-refractivity contribution in [3.8, 4) is 0 Å². The summed E-state index contributed by atoms with van der Waals surface area (Å²) in [6.07, 6.45) is 10.4. The van der Waals surface area contributed by atoms with Gasteiger partial charge in [0.15, 0.2) is 0 Å². The number of unbranched alkanes of at least 4 members (excludes halogenated alkanes) is 2. The van der Waals surface area contributed by atoms with Crippen LogP contribution in [0.3, 0.4) is 0 Å². The lowest BCUT2D eigenvalue weighted by Gasteiger charge is -2.34. The lowest BCUT2D eigenvalue weighted by Crippen LogP contribution is -2.43. The van der Waals surface area contributed by atoms with Gasteiger partial charge in [-0.1, -0.05) is 79.1 Å². The highest BCUT2D eigenvalue weighted by atomic mass is 28.4. The highest BCUT2D eigenvalue weighted by Crippen LogP contribution is 2.33. The van der Waals surface area contributed by atoms with Crippen LogP contribution in [0.25, 0.3) is 0 Å². The van der Waals surface area contributed by atoms with Crippen molar-refractivity contribution in [2.75, 3.05) is 14.2 Å². The summed E-state index contributed by atoms with van der Waals surface area (Å²) in [5.74, 6) is 1.56. The molecule has 0 aliphatic carbocycles. The fourth-order valence-electron chi connectivity index (χ4n) is 3.27. The van der Waals surface area contributed by atoms with Gasteiger partial charge in [-0.25, -0.2) is 0 Å². The van der Waals surface area contributed by atoms with Gasteiger partial charge in [-0.05, 0) is 23.9 Å². The summed E-state index contributed by atoms with van der Waals surface area (Å²) in [6, 6.07) is 2.36. The summed E-state index contributed by atoms with van der Waals surface area (Å²) >= 11 is 0. The summed E-state index contributed by atoms with van der Waals surface area (Å²) in [5.41, 5.74) is 0. The second-order valence-corrected chi connectivity index (χ2v) is 10.0. The van der Waals surface area contributed by atoms with E-state index in [1.807, 2.05) is 14.2 Å². The normalized spacial score (nSPS) is 15.1. The zero-order valence-electron chi connectivity index (χ0n) is 15.5. The van der Waals surface area contributed by atoms with Gasteiger partial charge in [0, 0.05) is 14.2 Å². The average molecular weight is 317 g/mol. The van der Waals surface area contributed by atoms with Crippen LogP contribution in [0, 0.1) is 11.8 Å². The van der Waals surface area contributed by atoms with Crippen LogP contribution < -0.4 is 0 Å². The van der Waals surface area contributed by atoms with Gasteiger partial charge in [0.05, 0.1) is 0 Å². The molecule has 0 bridgehead atoms. The van der Waals surface area contributed by atoms with Crippen molar-refractivity contribution in [1.29, 1.82) is 0 Å². The molecule has 2 unspecified atom stereocenters. The van der Waals surface area contributed by atoms with E-state index >= 15 is 0 Å². The molecule has 0 heterocycles. The van der Waals surface area contributed by atoms with Gasteiger partial charge < -0.3 is 8.85 Å². The van der Waals surface area contributed by atoms with Crippen LogP contribution in [0.4, 0.5) is 0 Å². The molecule has 2 atom stereocenters. The van der Waals surface area contributed by atoms with Gasteiger partial charge >= 0.3 is 8.56 Å². The highest BCUT2D eigenvalue weighted by Gasteiger charge is 2.39. The Bertz CT molecular complexity index is 209. The van der Waals surface area contributed by atoms with Crippen molar-refractivity contribution in [2.45, 2.75) is 91.1 Å². The van der Waals surface area contributed by atoms with Crippen molar-refractivity contribution >= 4 is 8.56 Å². The molecule has 0 fully saturated rings. The third-order valence-electron chi connectivity index (χ3n) is 5.03. The van der Waals surface area contributed by atoms with Crippen molar-refractivity contribution in [3.05, 3.63) is 0 Å². The van der Waals surface area contributed by atoms with Gasteiger partial charge in [-0.2, -0.15) is 0 Å². The Kier molecular flexibility index (Phi) is 12.7. The Morgan fingerprint density at radius 1 is 0.714 bits per heavy atom. The van der Waals surface area contributed by atoms with E-state index in [-0.39, 0.29) is 0 Å². The third kappa shape index (κ3) is 8.37.